The first-order chi connectivity index (χ1) is 9.38. The highest BCUT2D eigenvalue weighted by Gasteiger charge is 2.36. The van der Waals surface area contributed by atoms with E-state index in [9.17, 15) is 23.1 Å². The van der Waals surface area contributed by atoms with E-state index in [0.29, 0.717) is 5.69 Å². The van der Waals surface area contributed by atoms with Crippen LogP contribution in [0.25, 0.3) is 11.4 Å². The Kier molecular flexibility index (Phi) is 3.60. The van der Waals surface area contributed by atoms with Gasteiger partial charge in [-0.2, -0.15) is 13.2 Å². The van der Waals surface area contributed by atoms with Gasteiger partial charge in [0.15, 0.2) is 0 Å². The van der Waals surface area contributed by atoms with Crippen LogP contribution in [0.15, 0.2) is 49.1 Å². The highest BCUT2D eigenvalue weighted by atomic mass is 19.4. The summed E-state index contributed by atoms with van der Waals surface area (Å²) in [5.41, 5.74) is 0.702. The third-order valence-electron chi connectivity index (χ3n) is 2.50. The average molecular weight is 281 g/mol. The second-order valence-electron chi connectivity index (χ2n) is 3.89. The second kappa shape index (κ2) is 5.20. The molecule has 0 aliphatic rings. The van der Waals surface area contributed by atoms with E-state index < -0.39 is 17.7 Å². The maximum absolute atomic E-state index is 12.0. The molecule has 0 bridgehead atoms. The van der Waals surface area contributed by atoms with E-state index in [2.05, 4.69) is 4.98 Å². The molecule has 0 aliphatic carbocycles. The van der Waals surface area contributed by atoms with Gasteiger partial charge in [0.25, 0.3) is 5.78 Å². The van der Waals surface area contributed by atoms with Crippen molar-refractivity contribution in [3.8, 4) is 5.69 Å². The molecule has 104 valence electrons. The van der Waals surface area contributed by atoms with Crippen LogP contribution in [0.4, 0.5) is 13.2 Å². The number of rotatable bonds is 3. The van der Waals surface area contributed by atoms with Gasteiger partial charge >= 0.3 is 6.18 Å². The number of ketones is 1. The van der Waals surface area contributed by atoms with Gasteiger partial charge in [0.05, 0.1) is 6.33 Å². The molecular weight excluding hydrogens is 273 g/mol. The van der Waals surface area contributed by atoms with Crippen molar-refractivity contribution in [2.24, 2.45) is 0 Å². The first-order valence-corrected chi connectivity index (χ1v) is 5.46. The van der Waals surface area contributed by atoms with Gasteiger partial charge in [-0.25, -0.2) is 4.98 Å². The number of halogens is 3. The summed E-state index contributed by atoms with van der Waals surface area (Å²) in [5, 5.41) is 11.5. The molecule has 0 atom stereocenters. The molecule has 0 saturated heterocycles. The lowest BCUT2D eigenvalue weighted by molar-refractivity contribution is -0.244. The SMILES string of the molecule is O=C(C=C([O-])c1ccc(-n2ccnc2)cc1)C(F)(F)F. The van der Waals surface area contributed by atoms with Crippen molar-refractivity contribution in [3.05, 3.63) is 54.6 Å². The third-order valence-corrected chi connectivity index (χ3v) is 2.50. The molecule has 0 amide bonds. The first-order valence-electron chi connectivity index (χ1n) is 5.46. The van der Waals surface area contributed by atoms with E-state index in [1.165, 1.54) is 18.5 Å². The van der Waals surface area contributed by atoms with Gasteiger partial charge in [-0.1, -0.05) is 17.9 Å². The quantitative estimate of drug-likeness (QED) is 0.635. The zero-order valence-corrected chi connectivity index (χ0v) is 9.96. The molecule has 20 heavy (non-hydrogen) atoms. The Morgan fingerprint density at radius 2 is 1.90 bits per heavy atom. The number of aromatic nitrogens is 2. The molecule has 1 heterocycles. The molecule has 0 saturated carbocycles. The monoisotopic (exact) mass is 281 g/mol. The summed E-state index contributed by atoms with van der Waals surface area (Å²) in [5.74, 6) is -3.15. The van der Waals surface area contributed by atoms with Gasteiger partial charge in [0, 0.05) is 18.1 Å². The number of carbonyl (C=O) groups excluding carboxylic acids is 1. The van der Waals surface area contributed by atoms with Crippen molar-refractivity contribution in [1.29, 1.82) is 0 Å². The van der Waals surface area contributed by atoms with Gasteiger partial charge in [-0.3, -0.25) is 4.79 Å². The highest BCUT2D eigenvalue weighted by molar-refractivity contribution is 5.98. The standard InChI is InChI=1S/C13H9F3N2O2/c14-13(15,16)12(20)7-11(19)9-1-3-10(4-2-9)18-6-5-17-8-18/h1-8,19H/p-1. The van der Waals surface area contributed by atoms with E-state index in [1.807, 2.05) is 0 Å². The lowest BCUT2D eigenvalue weighted by Gasteiger charge is -2.13. The van der Waals surface area contributed by atoms with Gasteiger partial charge in [0.2, 0.25) is 0 Å². The van der Waals surface area contributed by atoms with Crippen LogP contribution >= 0.6 is 0 Å². The van der Waals surface area contributed by atoms with Crippen molar-refractivity contribution < 1.29 is 23.1 Å². The maximum Gasteiger partial charge on any atom is 0.454 e. The molecule has 2 aromatic rings. The fourth-order valence-electron chi connectivity index (χ4n) is 1.49. The Morgan fingerprint density at radius 3 is 2.40 bits per heavy atom. The summed E-state index contributed by atoms with van der Waals surface area (Å²) in [4.78, 5) is 14.5. The Labute approximate surface area is 111 Å². The molecule has 0 N–H and O–H groups in total. The Bertz CT molecular complexity index is 629. The summed E-state index contributed by atoms with van der Waals surface area (Å²) < 4.78 is 37.8. The van der Waals surface area contributed by atoms with Crippen LogP contribution in [0.5, 0.6) is 0 Å². The smallest absolute Gasteiger partial charge is 0.454 e. The van der Waals surface area contributed by atoms with Crippen LogP contribution in [-0.4, -0.2) is 21.5 Å². The predicted molar refractivity (Wildman–Crippen MR) is 62.6 cm³/mol. The zero-order chi connectivity index (χ0) is 14.8. The Morgan fingerprint density at radius 1 is 1.25 bits per heavy atom. The van der Waals surface area contributed by atoms with Gasteiger partial charge in [-0.05, 0) is 23.8 Å². The summed E-state index contributed by atoms with van der Waals surface area (Å²) in [7, 11) is 0. The topological polar surface area (TPSA) is 57.9 Å². The first kappa shape index (κ1) is 13.9. The van der Waals surface area contributed by atoms with Crippen LogP contribution in [0.3, 0.4) is 0 Å². The summed E-state index contributed by atoms with van der Waals surface area (Å²) >= 11 is 0. The molecule has 0 radical (unpaired) electrons. The number of hydrogen-bond acceptors (Lipinski definition) is 3. The molecule has 0 fully saturated rings. The number of alkyl halides is 3. The average Bonchev–Trinajstić information content (AvgIpc) is 2.91. The molecular formula is C13H8F3N2O2-. The van der Waals surface area contributed by atoms with Crippen molar-refractivity contribution in [3.63, 3.8) is 0 Å². The van der Waals surface area contributed by atoms with E-state index in [1.54, 1.807) is 29.1 Å². The third kappa shape index (κ3) is 3.05. The summed E-state index contributed by atoms with van der Waals surface area (Å²) in [6.45, 7) is 0. The Balaban J connectivity index is 2.22. The minimum Gasteiger partial charge on any atom is -0.872 e. The highest BCUT2D eigenvalue weighted by Crippen LogP contribution is 2.19. The minimum atomic E-state index is -5.04. The molecule has 4 nitrogen and oxygen atoms in total. The Hall–Kier alpha value is -2.57. The molecule has 0 unspecified atom stereocenters. The molecule has 7 heteroatoms. The van der Waals surface area contributed by atoms with Gasteiger partial charge < -0.3 is 9.67 Å². The van der Waals surface area contributed by atoms with Crippen LogP contribution in [0.1, 0.15) is 5.56 Å². The number of carbonyl (C=O) groups is 1. The van der Waals surface area contributed by atoms with E-state index in [-0.39, 0.29) is 11.6 Å². The number of nitrogens with zero attached hydrogens (tertiary/aromatic N) is 2. The fourth-order valence-corrected chi connectivity index (χ4v) is 1.49. The number of hydrogen-bond donors (Lipinski definition) is 0. The number of allylic oxidation sites excluding steroid dienone is 1. The normalized spacial score (nSPS) is 12.4. The van der Waals surface area contributed by atoms with Crippen LogP contribution < -0.4 is 5.11 Å². The lowest BCUT2D eigenvalue weighted by Crippen LogP contribution is -2.21. The van der Waals surface area contributed by atoms with Crippen molar-refractivity contribution in [2.45, 2.75) is 6.18 Å². The van der Waals surface area contributed by atoms with Crippen LogP contribution in [-0.2, 0) is 4.79 Å². The fraction of sp³-hybridized carbons (Fsp3) is 0.0769. The summed E-state index contributed by atoms with van der Waals surface area (Å²) in [6, 6.07) is 5.78. The lowest BCUT2D eigenvalue weighted by atomic mass is 10.1. The van der Waals surface area contributed by atoms with E-state index in [0.717, 1.165) is 0 Å². The van der Waals surface area contributed by atoms with Gasteiger partial charge in [-0.15, -0.1) is 0 Å². The van der Waals surface area contributed by atoms with Gasteiger partial charge in [0.1, 0.15) is 0 Å². The van der Waals surface area contributed by atoms with Crippen molar-refractivity contribution >= 4 is 11.5 Å². The van der Waals surface area contributed by atoms with E-state index in [4.69, 9.17) is 0 Å². The molecule has 1 aromatic carbocycles. The van der Waals surface area contributed by atoms with Crippen LogP contribution in [0.2, 0.25) is 0 Å². The molecule has 1 aromatic heterocycles. The predicted octanol–water partition coefficient (Wildman–Crippen LogP) is 1.70. The number of imidazole rings is 1. The zero-order valence-electron chi connectivity index (χ0n) is 9.96. The van der Waals surface area contributed by atoms with E-state index >= 15 is 0 Å². The second-order valence-corrected chi connectivity index (χ2v) is 3.89. The number of benzene rings is 1. The van der Waals surface area contributed by atoms with Crippen LogP contribution in [0, 0.1) is 0 Å². The van der Waals surface area contributed by atoms with Crippen molar-refractivity contribution in [1.82, 2.24) is 9.55 Å². The largest absolute Gasteiger partial charge is 0.872 e. The maximum atomic E-state index is 12.0. The molecule has 2 rings (SSSR count). The molecule has 0 spiro atoms. The molecule has 0 aliphatic heterocycles. The minimum absolute atomic E-state index is 0.00599. The summed E-state index contributed by atoms with van der Waals surface area (Å²) in [6.07, 6.45) is -0.209. The van der Waals surface area contributed by atoms with Crippen molar-refractivity contribution in [2.75, 3.05) is 0 Å².